The van der Waals surface area contributed by atoms with Crippen LogP contribution in [0.4, 0.5) is 10.5 Å². The van der Waals surface area contributed by atoms with E-state index < -0.39 is 11.6 Å². The van der Waals surface area contributed by atoms with Crippen molar-refractivity contribution in [2.75, 3.05) is 11.9 Å². The Kier molecular flexibility index (Phi) is 5.85. The molecule has 1 aliphatic heterocycles. The van der Waals surface area contributed by atoms with E-state index in [2.05, 4.69) is 21.2 Å². The van der Waals surface area contributed by atoms with Crippen molar-refractivity contribution in [2.45, 2.75) is 38.8 Å². The molecule has 3 rings (SSSR count). The van der Waals surface area contributed by atoms with E-state index in [1.165, 1.54) is 4.90 Å². The second kappa shape index (κ2) is 8.13. The largest absolute Gasteiger partial charge is 0.445 e. The first-order valence-electron chi connectivity index (χ1n) is 8.96. The van der Waals surface area contributed by atoms with Gasteiger partial charge in [-0.2, -0.15) is 0 Å². The molecule has 1 saturated heterocycles. The van der Waals surface area contributed by atoms with Crippen LogP contribution in [0.15, 0.2) is 53.0 Å². The number of ether oxygens (including phenoxy) is 1. The van der Waals surface area contributed by atoms with Gasteiger partial charge in [-0.25, -0.2) is 4.79 Å². The van der Waals surface area contributed by atoms with Gasteiger partial charge in [0.1, 0.15) is 12.1 Å². The number of amides is 2. The summed E-state index contributed by atoms with van der Waals surface area (Å²) in [6.07, 6.45) is 0.916. The summed E-state index contributed by atoms with van der Waals surface area (Å²) in [5.41, 5.74) is 1.74. The Bertz CT molecular complexity index is 841. The fourth-order valence-corrected chi connectivity index (χ4v) is 3.52. The highest BCUT2D eigenvalue weighted by Crippen LogP contribution is 2.31. The lowest BCUT2D eigenvalue weighted by molar-refractivity contribution is -0.125. The van der Waals surface area contributed by atoms with Crippen molar-refractivity contribution in [1.29, 1.82) is 0 Å². The molecule has 27 heavy (non-hydrogen) atoms. The maximum absolute atomic E-state index is 12.9. The normalized spacial score (nSPS) is 19.0. The zero-order valence-electron chi connectivity index (χ0n) is 15.5. The van der Waals surface area contributed by atoms with Gasteiger partial charge in [0, 0.05) is 16.7 Å². The van der Waals surface area contributed by atoms with Crippen LogP contribution in [-0.2, 0) is 16.1 Å². The van der Waals surface area contributed by atoms with Crippen molar-refractivity contribution in [1.82, 2.24) is 4.90 Å². The van der Waals surface area contributed by atoms with E-state index >= 15 is 0 Å². The molecule has 1 N–H and O–H groups in total. The number of hydrogen-bond acceptors (Lipinski definition) is 3. The minimum absolute atomic E-state index is 0.194. The summed E-state index contributed by atoms with van der Waals surface area (Å²) in [7, 11) is 0. The monoisotopic (exact) mass is 430 g/mol. The van der Waals surface area contributed by atoms with Crippen LogP contribution in [0.25, 0.3) is 0 Å². The smallest absolute Gasteiger partial charge is 0.410 e. The summed E-state index contributed by atoms with van der Waals surface area (Å²) < 4.78 is 6.43. The van der Waals surface area contributed by atoms with E-state index in [1.807, 2.05) is 55.5 Å². The van der Waals surface area contributed by atoms with E-state index in [0.717, 1.165) is 22.0 Å². The van der Waals surface area contributed by atoms with Crippen LogP contribution in [0.2, 0.25) is 0 Å². The van der Waals surface area contributed by atoms with Crippen LogP contribution in [0.5, 0.6) is 0 Å². The number of halogens is 1. The van der Waals surface area contributed by atoms with Gasteiger partial charge in [-0.05, 0) is 56.0 Å². The third-order valence-electron chi connectivity index (χ3n) is 4.97. The summed E-state index contributed by atoms with van der Waals surface area (Å²) >= 11 is 3.46. The number of nitrogens with zero attached hydrogens (tertiary/aromatic N) is 1. The third kappa shape index (κ3) is 4.33. The highest BCUT2D eigenvalue weighted by molar-refractivity contribution is 9.10. The number of anilines is 1. The summed E-state index contributed by atoms with van der Waals surface area (Å²) in [4.78, 5) is 27.1. The molecule has 6 heteroatoms. The Balaban J connectivity index is 1.67. The Morgan fingerprint density at radius 1 is 1.22 bits per heavy atom. The summed E-state index contributed by atoms with van der Waals surface area (Å²) in [6, 6.07) is 15.2. The van der Waals surface area contributed by atoms with Gasteiger partial charge < -0.3 is 10.1 Å². The van der Waals surface area contributed by atoms with Crippen molar-refractivity contribution >= 4 is 33.6 Å². The molecule has 0 spiro atoms. The average Bonchev–Trinajstić information content (AvgIpc) is 3.07. The molecule has 1 unspecified atom stereocenters. The molecular weight excluding hydrogens is 408 g/mol. The third-order valence-corrected chi connectivity index (χ3v) is 5.86. The van der Waals surface area contributed by atoms with Crippen LogP contribution in [0.3, 0.4) is 0 Å². The molecule has 0 radical (unpaired) electrons. The zero-order valence-corrected chi connectivity index (χ0v) is 17.1. The molecular formula is C21H23BrN2O3. The minimum atomic E-state index is -0.922. The first-order chi connectivity index (χ1) is 12.9. The SMILES string of the molecule is Cc1cc(NC(=O)C2(C)CCCN2C(=O)OCc2ccccc2)ccc1Br. The Morgan fingerprint density at radius 2 is 1.96 bits per heavy atom. The van der Waals surface area contributed by atoms with Gasteiger partial charge in [-0.1, -0.05) is 46.3 Å². The lowest BCUT2D eigenvalue weighted by Crippen LogP contribution is -2.53. The van der Waals surface area contributed by atoms with E-state index in [0.29, 0.717) is 18.7 Å². The van der Waals surface area contributed by atoms with E-state index in [1.54, 1.807) is 6.92 Å². The maximum Gasteiger partial charge on any atom is 0.410 e. The van der Waals surface area contributed by atoms with Crippen molar-refractivity contribution in [3.8, 4) is 0 Å². The number of hydrogen-bond donors (Lipinski definition) is 1. The molecule has 0 saturated carbocycles. The lowest BCUT2D eigenvalue weighted by atomic mass is 9.97. The number of nitrogens with one attached hydrogen (secondary N) is 1. The number of likely N-dealkylation sites (tertiary alicyclic amines) is 1. The van der Waals surface area contributed by atoms with E-state index in [-0.39, 0.29) is 12.5 Å². The fourth-order valence-electron chi connectivity index (χ4n) is 3.28. The van der Waals surface area contributed by atoms with Crippen LogP contribution >= 0.6 is 15.9 Å². The maximum atomic E-state index is 12.9. The highest BCUT2D eigenvalue weighted by Gasteiger charge is 2.46. The van der Waals surface area contributed by atoms with Gasteiger partial charge >= 0.3 is 6.09 Å². The van der Waals surface area contributed by atoms with Gasteiger partial charge in [-0.15, -0.1) is 0 Å². The predicted molar refractivity (Wildman–Crippen MR) is 108 cm³/mol. The molecule has 0 aromatic heterocycles. The second-order valence-corrected chi connectivity index (χ2v) is 7.84. The summed E-state index contributed by atoms with van der Waals surface area (Å²) in [5, 5.41) is 2.94. The molecule has 1 heterocycles. The molecule has 2 aromatic rings. The molecule has 0 bridgehead atoms. The van der Waals surface area contributed by atoms with Gasteiger partial charge in [-0.3, -0.25) is 9.69 Å². The Morgan fingerprint density at radius 3 is 2.67 bits per heavy atom. The van der Waals surface area contributed by atoms with Crippen LogP contribution in [0, 0.1) is 6.92 Å². The number of carbonyl (C=O) groups excluding carboxylic acids is 2. The first kappa shape index (κ1) is 19.4. The van der Waals surface area contributed by atoms with Crippen molar-refractivity contribution in [2.24, 2.45) is 0 Å². The van der Waals surface area contributed by atoms with Crippen LogP contribution in [0.1, 0.15) is 30.9 Å². The highest BCUT2D eigenvalue weighted by atomic mass is 79.9. The topological polar surface area (TPSA) is 58.6 Å². The average molecular weight is 431 g/mol. The van der Waals surface area contributed by atoms with Gasteiger partial charge in [0.25, 0.3) is 0 Å². The quantitative estimate of drug-likeness (QED) is 0.750. The fraction of sp³-hybridized carbons (Fsp3) is 0.333. The van der Waals surface area contributed by atoms with E-state index in [4.69, 9.17) is 4.74 Å². The number of benzene rings is 2. The second-order valence-electron chi connectivity index (χ2n) is 6.99. The van der Waals surface area contributed by atoms with Gasteiger partial charge in [0.15, 0.2) is 0 Å². The van der Waals surface area contributed by atoms with Crippen LogP contribution in [-0.4, -0.2) is 29.0 Å². The molecule has 0 aliphatic carbocycles. The molecule has 5 nitrogen and oxygen atoms in total. The molecule has 2 amide bonds. The summed E-state index contributed by atoms with van der Waals surface area (Å²) in [5.74, 6) is -0.196. The molecule has 1 atom stereocenters. The lowest BCUT2D eigenvalue weighted by Gasteiger charge is -2.33. The van der Waals surface area contributed by atoms with Gasteiger partial charge in [0.05, 0.1) is 0 Å². The summed E-state index contributed by atoms with van der Waals surface area (Å²) in [6.45, 7) is 4.46. The molecule has 142 valence electrons. The Labute approximate surface area is 167 Å². The zero-order chi connectivity index (χ0) is 19.4. The first-order valence-corrected chi connectivity index (χ1v) is 9.75. The minimum Gasteiger partial charge on any atom is -0.445 e. The predicted octanol–water partition coefficient (Wildman–Crippen LogP) is 4.89. The standard InChI is InChI=1S/C21H23BrN2O3/c1-15-13-17(9-10-18(15)22)23-19(25)21(2)11-6-12-24(21)20(26)27-14-16-7-4-3-5-8-16/h3-5,7-10,13H,6,11-12,14H2,1-2H3,(H,23,25). The van der Waals surface area contributed by atoms with Gasteiger partial charge in [0.2, 0.25) is 5.91 Å². The Hall–Kier alpha value is -2.34. The molecule has 1 fully saturated rings. The number of rotatable bonds is 4. The molecule has 1 aliphatic rings. The number of aryl methyl sites for hydroxylation is 1. The van der Waals surface area contributed by atoms with E-state index in [9.17, 15) is 9.59 Å². The van der Waals surface area contributed by atoms with Crippen molar-refractivity contribution in [3.63, 3.8) is 0 Å². The number of carbonyl (C=O) groups is 2. The molecule has 2 aromatic carbocycles. The van der Waals surface area contributed by atoms with Crippen molar-refractivity contribution < 1.29 is 14.3 Å². The van der Waals surface area contributed by atoms with Crippen molar-refractivity contribution in [3.05, 3.63) is 64.1 Å². The van der Waals surface area contributed by atoms with Crippen LogP contribution < -0.4 is 5.32 Å².